The van der Waals surface area contributed by atoms with Crippen molar-refractivity contribution in [2.75, 3.05) is 7.05 Å². The Morgan fingerprint density at radius 2 is 1.94 bits per heavy atom. The van der Waals surface area contributed by atoms with Gasteiger partial charge in [0.1, 0.15) is 5.82 Å². The summed E-state index contributed by atoms with van der Waals surface area (Å²) in [5.41, 5.74) is 4.08. The largest absolute Gasteiger partial charge is 0.298 e. The molecule has 1 fully saturated rings. The van der Waals surface area contributed by atoms with Crippen molar-refractivity contribution < 1.29 is 17.6 Å². The van der Waals surface area contributed by atoms with Gasteiger partial charge in [-0.05, 0) is 65.9 Å². The molecule has 6 nitrogen and oxygen atoms in total. The molecule has 172 valence electrons. The second-order valence-corrected chi connectivity index (χ2v) is 10.3. The number of halogens is 2. The summed E-state index contributed by atoms with van der Waals surface area (Å²) in [6.45, 7) is 1.91. The Bertz CT molecular complexity index is 1320. The minimum atomic E-state index is -3.88. The molecule has 2 atom stereocenters. The van der Waals surface area contributed by atoms with E-state index in [2.05, 4.69) is 9.71 Å². The average Bonchev–Trinajstić information content (AvgIpc) is 2.78. The number of rotatable bonds is 5. The second kappa shape index (κ2) is 9.30. The summed E-state index contributed by atoms with van der Waals surface area (Å²) in [5.74, 6) is -0.852. The molecule has 4 rings (SSSR count). The third kappa shape index (κ3) is 5.14. The Kier molecular flexibility index (Phi) is 6.63. The van der Waals surface area contributed by atoms with Crippen molar-refractivity contribution in [1.82, 2.24) is 14.0 Å². The normalized spacial score (nSPS) is 20.5. The third-order valence-corrected chi connectivity index (χ3v) is 7.71. The Morgan fingerprint density at radius 3 is 2.67 bits per heavy atom. The lowest BCUT2D eigenvalue weighted by Crippen LogP contribution is -2.55. The first-order chi connectivity index (χ1) is 15.6. The predicted octanol–water partition coefficient (Wildman–Crippen LogP) is 4.24. The van der Waals surface area contributed by atoms with Gasteiger partial charge in [0.2, 0.25) is 0 Å². The summed E-state index contributed by atoms with van der Waals surface area (Å²) in [6.07, 6.45) is 1.95. The van der Waals surface area contributed by atoms with Gasteiger partial charge in [-0.1, -0.05) is 35.9 Å². The van der Waals surface area contributed by atoms with Gasteiger partial charge in [-0.25, -0.2) is 4.39 Å². The van der Waals surface area contributed by atoms with Crippen LogP contribution < -0.4 is 4.72 Å². The standard InChI is InChI=1S/C24H23ClFN3O3S/c1-15-10-18(8-9-27-15)17-4-3-5-19(13-17)22-14-23(29(2)33(31,32)28-22)24(30)12-16-6-7-21(26)20(25)11-16/h3-11,13,22-23,28H,12,14H2,1-2H3/t22-,23+/m1/s1. The molecule has 3 aromatic rings. The number of hydrogen-bond donors (Lipinski definition) is 1. The van der Waals surface area contributed by atoms with Gasteiger partial charge in [-0.3, -0.25) is 9.78 Å². The van der Waals surface area contributed by atoms with E-state index in [4.69, 9.17) is 11.6 Å². The molecule has 0 aliphatic carbocycles. The Balaban J connectivity index is 1.61. The quantitative estimate of drug-likeness (QED) is 0.583. The zero-order valence-corrected chi connectivity index (χ0v) is 19.7. The predicted molar refractivity (Wildman–Crippen MR) is 125 cm³/mol. The number of nitrogens with one attached hydrogen (secondary N) is 1. The number of aryl methyl sites for hydroxylation is 1. The number of ketones is 1. The van der Waals surface area contributed by atoms with Crippen molar-refractivity contribution >= 4 is 27.6 Å². The van der Waals surface area contributed by atoms with E-state index < -0.39 is 28.1 Å². The molecule has 0 radical (unpaired) electrons. The van der Waals surface area contributed by atoms with E-state index in [1.165, 1.54) is 25.2 Å². The monoisotopic (exact) mass is 487 g/mol. The van der Waals surface area contributed by atoms with Crippen LogP contribution in [0.25, 0.3) is 11.1 Å². The number of pyridine rings is 1. The summed E-state index contributed by atoms with van der Waals surface area (Å²) in [4.78, 5) is 17.3. The van der Waals surface area contributed by atoms with Gasteiger partial charge in [0.25, 0.3) is 10.2 Å². The molecule has 0 unspecified atom stereocenters. The van der Waals surface area contributed by atoms with E-state index in [1.54, 1.807) is 6.20 Å². The fourth-order valence-electron chi connectivity index (χ4n) is 4.02. The van der Waals surface area contributed by atoms with Crippen molar-refractivity contribution in [2.45, 2.75) is 31.8 Å². The Morgan fingerprint density at radius 1 is 1.18 bits per heavy atom. The van der Waals surface area contributed by atoms with Crippen LogP contribution in [-0.4, -0.2) is 36.6 Å². The van der Waals surface area contributed by atoms with Crippen LogP contribution in [0.3, 0.4) is 0 Å². The van der Waals surface area contributed by atoms with Crippen molar-refractivity contribution in [3.8, 4) is 11.1 Å². The van der Waals surface area contributed by atoms with Crippen LogP contribution in [0.4, 0.5) is 4.39 Å². The molecular formula is C24H23ClFN3O3S. The first-order valence-electron chi connectivity index (χ1n) is 10.4. The molecule has 1 saturated heterocycles. The van der Waals surface area contributed by atoms with Crippen LogP contribution in [0.1, 0.15) is 29.3 Å². The Hall–Kier alpha value is -2.65. The van der Waals surface area contributed by atoms with E-state index >= 15 is 0 Å². The molecule has 0 bridgehead atoms. The molecule has 1 aliphatic heterocycles. The molecule has 1 N–H and O–H groups in total. The fourth-order valence-corrected chi connectivity index (χ4v) is 5.52. The lowest BCUT2D eigenvalue weighted by atomic mass is 9.93. The topological polar surface area (TPSA) is 79.4 Å². The van der Waals surface area contributed by atoms with Crippen LogP contribution in [0.5, 0.6) is 0 Å². The number of nitrogens with zero attached hydrogens (tertiary/aromatic N) is 2. The van der Waals surface area contributed by atoms with E-state index in [0.29, 0.717) is 5.56 Å². The highest BCUT2D eigenvalue weighted by Crippen LogP contribution is 2.31. The third-order valence-electron chi connectivity index (χ3n) is 5.82. The van der Waals surface area contributed by atoms with Gasteiger partial charge >= 0.3 is 0 Å². The summed E-state index contributed by atoms with van der Waals surface area (Å²) in [5, 5.41) is -0.0763. The molecule has 2 heterocycles. The molecule has 0 saturated carbocycles. The SMILES string of the molecule is Cc1cc(-c2cccc([C@H]3C[C@@H](C(=O)Cc4ccc(F)c(Cl)c4)N(C)S(=O)(=O)N3)c2)ccn1. The minimum absolute atomic E-state index is 0.0480. The van der Waals surface area contributed by atoms with Crippen LogP contribution in [0.2, 0.25) is 5.02 Å². The summed E-state index contributed by atoms with van der Waals surface area (Å²) >= 11 is 5.83. The Labute approximate surface area is 197 Å². The van der Waals surface area contributed by atoms with Crippen molar-refractivity contribution in [3.63, 3.8) is 0 Å². The highest BCUT2D eigenvalue weighted by Gasteiger charge is 2.40. The van der Waals surface area contributed by atoms with E-state index in [9.17, 15) is 17.6 Å². The molecule has 1 aliphatic rings. The number of carbonyl (C=O) groups is 1. The number of benzene rings is 2. The average molecular weight is 488 g/mol. The molecular weight excluding hydrogens is 465 g/mol. The molecule has 9 heteroatoms. The number of hydrogen-bond acceptors (Lipinski definition) is 4. The van der Waals surface area contributed by atoms with Crippen molar-refractivity contribution in [1.29, 1.82) is 0 Å². The maximum Gasteiger partial charge on any atom is 0.280 e. The van der Waals surface area contributed by atoms with Gasteiger partial charge in [0.15, 0.2) is 5.78 Å². The minimum Gasteiger partial charge on any atom is -0.298 e. The van der Waals surface area contributed by atoms with E-state index in [-0.39, 0.29) is 23.6 Å². The lowest BCUT2D eigenvalue weighted by Gasteiger charge is -2.36. The van der Waals surface area contributed by atoms with Gasteiger partial charge in [0, 0.05) is 31.4 Å². The van der Waals surface area contributed by atoms with Crippen LogP contribution in [-0.2, 0) is 21.4 Å². The lowest BCUT2D eigenvalue weighted by molar-refractivity contribution is -0.122. The van der Waals surface area contributed by atoms with E-state index in [0.717, 1.165) is 26.7 Å². The van der Waals surface area contributed by atoms with Crippen LogP contribution >= 0.6 is 11.6 Å². The maximum atomic E-state index is 13.5. The first kappa shape index (κ1) is 23.5. The molecule has 2 aromatic carbocycles. The number of likely N-dealkylation sites (N-methyl/N-ethyl adjacent to an activating group) is 1. The van der Waals surface area contributed by atoms with Gasteiger partial charge in [0.05, 0.1) is 11.1 Å². The van der Waals surface area contributed by atoms with Crippen molar-refractivity contribution in [2.24, 2.45) is 0 Å². The van der Waals surface area contributed by atoms with E-state index in [1.807, 2.05) is 43.3 Å². The number of aromatic nitrogens is 1. The molecule has 1 aromatic heterocycles. The second-order valence-electron chi connectivity index (χ2n) is 8.15. The highest BCUT2D eigenvalue weighted by molar-refractivity contribution is 7.87. The molecule has 33 heavy (non-hydrogen) atoms. The fraction of sp³-hybridized carbons (Fsp3) is 0.250. The molecule has 0 amide bonds. The van der Waals surface area contributed by atoms with Gasteiger partial charge in [-0.2, -0.15) is 17.4 Å². The maximum absolute atomic E-state index is 13.5. The van der Waals surface area contributed by atoms with Gasteiger partial charge < -0.3 is 0 Å². The summed E-state index contributed by atoms with van der Waals surface area (Å²) < 4.78 is 42.8. The van der Waals surface area contributed by atoms with Crippen LogP contribution in [0.15, 0.2) is 60.8 Å². The number of Topliss-reactive ketones (excluding diaryl/α,β-unsaturated/α-hetero) is 1. The highest BCUT2D eigenvalue weighted by atomic mass is 35.5. The summed E-state index contributed by atoms with van der Waals surface area (Å²) in [7, 11) is -2.49. The number of carbonyl (C=O) groups excluding carboxylic acids is 1. The van der Waals surface area contributed by atoms with Crippen molar-refractivity contribution in [3.05, 3.63) is 88.5 Å². The first-order valence-corrected chi connectivity index (χ1v) is 12.2. The zero-order chi connectivity index (χ0) is 23.8. The van der Waals surface area contributed by atoms with Crippen LogP contribution in [0, 0.1) is 12.7 Å². The molecule has 0 spiro atoms. The summed E-state index contributed by atoms with van der Waals surface area (Å²) in [6, 6.07) is 14.1. The zero-order valence-electron chi connectivity index (χ0n) is 18.1. The smallest absolute Gasteiger partial charge is 0.280 e. The van der Waals surface area contributed by atoms with Gasteiger partial charge in [-0.15, -0.1) is 0 Å².